The first kappa shape index (κ1) is 14.2. The summed E-state index contributed by atoms with van der Waals surface area (Å²) in [5.74, 6) is -3.54. The van der Waals surface area contributed by atoms with E-state index in [1.54, 1.807) is 30.3 Å². The lowest BCUT2D eigenvalue weighted by Gasteiger charge is -2.08. The van der Waals surface area contributed by atoms with Gasteiger partial charge in [0.15, 0.2) is 0 Å². The van der Waals surface area contributed by atoms with Gasteiger partial charge in [-0.25, -0.2) is 4.79 Å². The molecular weight excluding hydrogens is 252 g/mol. The molecule has 0 bridgehead atoms. The minimum Gasteiger partial charge on any atom is -0.456 e. The zero-order valence-corrected chi connectivity index (χ0v) is 9.42. The summed E-state index contributed by atoms with van der Waals surface area (Å²) in [6.45, 7) is 0.206. The Bertz CT molecular complexity index is 449. The third-order valence-electron chi connectivity index (χ3n) is 2.15. The van der Waals surface area contributed by atoms with Crippen LogP contribution in [0.15, 0.2) is 41.7 Å². The molecule has 2 nitrogen and oxygen atoms in total. The SMILES string of the molecule is C/C(=C(/F)C(=O)OCc1ccccc1)C(F)(F)F. The second-order valence-electron chi connectivity index (χ2n) is 3.50. The number of ether oxygens (including phenoxy) is 1. The van der Waals surface area contributed by atoms with Crippen LogP contribution in [-0.4, -0.2) is 12.1 Å². The molecule has 0 spiro atoms. The van der Waals surface area contributed by atoms with E-state index in [0.717, 1.165) is 0 Å². The number of benzene rings is 1. The average molecular weight is 262 g/mol. The highest BCUT2D eigenvalue weighted by Gasteiger charge is 2.35. The second kappa shape index (κ2) is 5.66. The summed E-state index contributed by atoms with van der Waals surface area (Å²) in [5.41, 5.74) is -1.04. The van der Waals surface area contributed by atoms with Gasteiger partial charge < -0.3 is 4.74 Å². The van der Waals surface area contributed by atoms with Crippen molar-refractivity contribution in [2.24, 2.45) is 0 Å². The molecule has 0 fully saturated rings. The first-order chi connectivity index (χ1) is 8.32. The van der Waals surface area contributed by atoms with Gasteiger partial charge >= 0.3 is 12.1 Å². The Morgan fingerprint density at radius 1 is 1.22 bits per heavy atom. The summed E-state index contributed by atoms with van der Waals surface area (Å²) in [5, 5.41) is 0. The molecular formula is C12H10F4O2. The van der Waals surface area contributed by atoms with Crippen molar-refractivity contribution in [2.75, 3.05) is 0 Å². The predicted octanol–water partition coefficient (Wildman–Crippen LogP) is 3.54. The normalized spacial score (nSPS) is 12.9. The van der Waals surface area contributed by atoms with Gasteiger partial charge in [-0.2, -0.15) is 17.6 Å². The van der Waals surface area contributed by atoms with Crippen molar-refractivity contribution in [3.05, 3.63) is 47.3 Å². The molecule has 6 heteroatoms. The summed E-state index contributed by atoms with van der Waals surface area (Å²) in [4.78, 5) is 11.0. The van der Waals surface area contributed by atoms with Gasteiger partial charge in [0.2, 0.25) is 5.83 Å². The van der Waals surface area contributed by atoms with Crippen molar-refractivity contribution >= 4 is 5.97 Å². The number of carbonyl (C=O) groups excluding carboxylic acids is 1. The van der Waals surface area contributed by atoms with Crippen molar-refractivity contribution in [1.29, 1.82) is 0 Å². The van der Waals surface area contributed by atoms with Crippen molar-refractivity contribution in [3.63, 3.8) is 0 Å². The van der Waals surface area contributed by atoms with Gasteiger partial charge in [-0.3, -0.25) is 0 Å². The van der Waals surface area contributed by atoms with E-state index in [1.165, 1.54) is 0 Å². The van der Waals surface area contributed by atoms with Crippen LogP contribution in [-0.2, 0) is 16.1 Å². The molecule has 0 aliphatic rings. The fraction of sp³-hybridized carbons (Fsp3) is 0.250. The standard InChI is InChI=1S/C12H10F4O2/c1-8(12(14,15)16)10(13)11(17)18-7-9-5-3-2-4-6-9/h2-6H,7H2,1H3/b10-8-. The lowest BCUT2D eigenvalue weighted by atomic mass is 10.2. The smallest absolute Gasteiger partial charge is 0.415 e. The summed E-state index contributed by atoms with van der Waals surface area (Å²) in [7, 11) is 0. The largest absolute Gasteiger partial charge is 0.456 e. The van der Waals surface area contributed by atoms with E-state index in [9.17, 15) is 22.4 Å². The van der Waals surface area contributed by atoms with Crippen LogP contribution in [0.25, 0.3) is 0 Å². The molecule has 0 atom stereocenters. The zero-order valence-electron chi connectivity index (χ0n) is 9.42. The van der Waals surface area contributed by atoms with E-state index < -0.39 is 23.5 Å². The quantitative estimate of drug-likeness (QED) is 0.473. The van der Waals surface area contributed by atoms with Crippen LogP contribution >= 0.6 is 0 Å². The van der Waals surface area contributed by atoms with E-state index in [-0.39, 0.29) is 6.61 Å². The summed E-state index contributed by atoms with van der Waals surface area (Å²) in [6.07, 6.45) is -4.88. The first-order valence-corrected chi connectivity index (χ1v) is 4.97. The lowest BCUT2D eigenvalue weighted by Crippen LogP contribution is -2.15. The van der Waals surface area contributed by atoms with Crippen molar-refractivity contribution in [1.82, 2.24) is 0 Å². The Labute approximate surface area is 101 Å². The van der Waals surface area contributed by atoms with Crippen LogP contribution < -0.4 is 0 Å². The highest BCUT2D eigenvalue weighted by atomic mass is 19.4. The Balaban J connectivity index is 2.67. The molecule has 0 amide bonds. The minimum absolute atomic E-state index is 0.280. The number of hydrogen-bond donors (Lipinski definition) is 0. The average Bonchev–Trinajstić information content (AvgIpc) is 2.34. The van der Waals surface area contributed by atoms with E-state index in [2.05, 4.69) is 4.74 Å². The van der Waals surface area contributed by atoms with Gasteiger partial charge in [0, 0.05) is 0 Å². The second-order valence-corrected chi connectivity index (χ2v) is 3.50. The van der Waals surface area contributed by atoms with Gasteiger partial charge in [0.05, 0.1) is 5.57 Å². The maximum absolute atomic E-state index is 13.1. The lowest BCUT2D eigenvalue weighted by molar-refractivity contribution is -0.143. The molecule has 98 valence electrons. The third kappa shape index (κ3) is 3.87. The van der Waals surface area contributed by atoms with E-state index in [1.807, 2.05) is 0 Å². The Morgan fingerprint density at radius 3 is 2.28 bits per heavy atom. The topological polar surface area (TPSA) is 26.3 Å². The van der Waals surface area contributed by atoms with Gasteiger partial charge in [0.1, 0.15) is 6.61 Å². The van der Waals surface area contributed by atoms with Gasteiger partial charge in [-0.1, -0.05) is 30.3 Å². The third-order valence-corrected chi connectivity index (χ3v) is 2.15. The van der Waals surface area contributed by atoms with E-state index in [4.69, 9.17) is 0 Å². The van der Waals surface area contributed by atoms with E-state index in [0.29, 0.717) is 12.5 Å². The van der Waals surface area contributed by atoms with Crippen molar-refractivity contribution in [2.45, 2.75) is 19.7 Å². The highest BCUT2D eigenvalue weighted by Crippen LogP contribution is 2.28. The maximum Gasteiger partial charge on any atom is 0.415 e. The fourth-order valence-corrected chi connectivity index (χ4v) is 1.06. The molecule has 0 heterocycles. The molecule has 0 aromatic heterocycles. The molecule has 1 aromatic rings. The molecule has 0 aliphatic carbocycles. The Hall–Kier alpha value is -1.85. The zero-order chi connectivity index (χ0) is 13.8. The number of hydrogen-bond acceptors (Lipinski definition) is 2. The van der Waals surface area contributed by atoms with Crippen molar-refractivity contribution in [3.8, 4) is 0 Å². The van der Waals surface area contributed by atoms with Crippen LogP contribution in [0.4, 0.5) is 17.6 Å². The van der Waals surface area contributed by atoms with Crippen LogP contribution in [0.2, 0.25) is 0 Å². The number of carbonyl (C=O) groups is 1. The van der Waals surface area contributed by atoms with Crippen LogP contribution in [0.5, 0.6) is 0 Å². The number of rotatable bonds is 3. The van der Waals surface area contributed by atoms with Gasteiger partial charge in [-0.05, 0) is 12.5 Å². The van der Waals surface area contributed by atoms with E-state index >= 15 is 0 Å². The predicted molar refractivity (Wildman–Crippen MR) is 56.1 cm³/mol. The molecule has 0 saturated carbocycles. The monoisotopic (exact) mass is 262 g/mol. The van der Waals surface area contributed by atoms with Crippen LogP contribution in [0.1, 0.15) is 12.5 Å². The molecule has 1 aromatic carbocycles. The Kier molecular flexibility index (Phi) is 4.47. The molecule has 0 radical (unpaired) electrons. The van der Waals surface area contributed by atoms with Crippen molar-refractivity contribution < 1.29 is 27.1 Å². The molecule has 0 unspecified atom stereocenters. The van der Waals surface area contributed by atoms with Gasteiger partial charge in [0.25, 0.3) is 0 Å². The number of esters is 1. The number of halogens is 4. The first-order valence-electron chi connectivity index (χ1n) is 4.97. The summed E-state index contributed by atoms with van der Waals surface area (Å²) in [6, 6.07) is 8.25. The maximum atomic E-state index is 13.1. The summed E-state index contributed by atoms with van der Waals surface area (Å²) < 4.78 is 53.9. The van der Waals surface area contributed by atoms with Crippen LogP contribution in [0.3, 0.4) is 0 Å². The molecule has 1 rings (SSSR count). The fourth-order valence-electron chi connectivity index (χ4n) is 1.06. The van der Waals surface area contributed by atoms with Crippen LogP contribution in [0, 0.1) is 0 Å². The number of alkyl halides is 3. The minimum atomic E-state index is -4.88. The highest BCUT2D eigenvalue weighted by molar-refractivity contribution is 5.87. The molecule has 0 N–H and O–H groups in total. The number of allylic oxidation sites excluding steroid dienone is 1. The molecule has 18 heavy (non-hydrogen) atoms. The Morgan fingerprint density at radius 2 is 1.78 bits per heavy atom. The molecule has 0 saturated heterocycles. The summed E-state index contributed by atoms with van der Waals surface area (Å²) >= 11 is 0. The molecule has 0 aliphatic heterocycles. The van der Waals surface area contributed by atoms with Gasteiger partial charge in [-0.15, -0.1) is 0 Å².